The summed E-state index contributed by atoms with van der Waals surface area (Å²) in [7, 11) is 1.48. The third kappa shape index (κ3) is 4.80. The van der Waals surface area contributed by atoms with Gasteiger partial charge in [0.25, 0.3) is 5.91 Å². The molecule has 0 fully saturated rings. The van der Waals surface area contributed by atoms with E-state index in [0.29, 0.717) is 17.1 Å². The monoisotopic (exact) mass is 347 g/mol. The number of furan rings is 1. The van der Waals surface area contributed by atoms with E-state index < -0.39 is 16.7 Å². The molecule has 1 aromatic heterocycles. The number of ether oxygens (including phenoxy) is 2. The molecule has 132 valence electrons. The van der Waals surface area contributed by atoms with Crippen LogP contribution in [0.25, 0.3) is 0 Å². The van der Waals surface area contributed by atoms with Crippen LogP contribution in [0.4, 0.5) is 5.88 Å². The fourth-order valence-corrected chi connectivity index (χ4v) is 1.89. The number of methoxy groups -OCH3 is 1. The van der Waals surface area contributed by atoms with E-state index in [-0.39, 0.29) is 11.9 Å². The summed E-state index contributed by atoms with van der Waals surface area (Å²) in [4.78, 5) is 21.9. The summed E-state index contributed by atoms with van der Waals surface area (Å²) in [6.45, 7) is 3.77. The number of hydrogen-bond donors (Lipinski definition) is 1. The molecule has 1 amide bonds. The fraction of sp³-hybridized carbons (Fsp3) is 0.250. The van der Waals surface area contributed by atoms with Crippen LogP contribution in [0.2, 0.25) is 0 Å². The lowest BCUT2D eigenvalue weighted by Crippen LogP contribution is -2.17. The van der Waals surface area contributed by atoms with E-state index in [1.807, 2.05) is 13.8 Å². The van der Waals surface area contributed by atoms with Gasteiger partial charge in [0, 0.05) is 5.56 Å². The summed E-state index contributed by atoms with van der Waals surface area (Å²) < 4.78 is 15.7. The minimum Gasteiger partial charge on any atom is -0.493 e. The number of nitrogens with zero attached hydrogens (tertiary/aromatic N) is 2. The molecular formula is C16H17N3O6. The van der Waals surface area contributed by atoms with Crippen molar-refractivity contribution in [2.75, 3.05) is 7.11 Å². The molecule has 1 N–H and O–H groups in total. The molecule has 2 aromatic rings. The zero-order valence-corrected chi connectivity index (χ0v) is 13.9. The Morgan fingerprint density at radius 2 is 2.08 bits per heavy atom. The quantitative estimate of drug-likeness (QED) is 0.468. The highest BCUT2D eigenvalue weighted by atomic mass is 16.6. The maximum atomic E-state index is 12.1. The van der Waals surface area contributed by atoms with Crippen LogP contribution in [0.15, 0.2) is 39.9 Å². The smallest absolute Gasteiger partial charge is 0.433 e. The fourth-order valence-electron chi connectivity index (χ4n) is 1.89. The highest BCUT2D eigenvalue weighted by Gasteiger charge is 2.12. The SMILES string of the molecule is COc1cc(C(=O)N/N=C/c2ccc([N+](=O)[O-])o2)ccc1OC(C)C. The van der Waals surface area contributed by atoms with Crippen molar-refractivity contribution in [3.63, 3.8) is 0 Å². The number of nitro groups is 1. The van der Waals surface area contributed by atoms with E-state index in [4.69, 9.17) is 13.9 Å². The standard InChI is InChI=1S/C16H17N3O6/c1-10(2)24-13-6-4-11(8-14(13)23-3)16(20)18-17-9-12-5-7-15(25-12)19(21)22/h4-10H,1-3H3,(H,18,20)/b17-9+. The topological polar surface area (TPSA) is 116 Å². The summed E-state index contributed by atoms with van der Waals surface area (Å²) in [5.74, 6) is 0.211. The van der Waals surface area contributed by atoms with Crippen molar-refractivity contribution in [2.24, 2.45) is 5.10 Å². The lowest BCUT2D eigenvalue weighted by molar-refractivity contribution is -0.402. The van der Waals surface area contributed by atoms with Crippen LogP contribution in [0.5, 0.6) is 11.5 Å². The molecule has 0 aliphatic carbocycles. The van der Waals surface area contributed by atoms with Gasteiger partial charge in [-0.15, -0.1) is 0 Å². The lowest BCUT2D eigenvalue weighted by Gasteiger charge is -2.14. The minimum absolute atomic E-state index is 0.0319. The van der Waals surface area contributed by atoms with Crippen LogP contribution in [0, 0.1) is 10.1 Å². The molecule has 9 nitrogen and oxygen atoms in total. The van der Waals surface area contributed by atoms with Gasteiger partial charge in [0.15, 0.2) is 17.3 Å². The molecule has 0 atom stereocenters. The first-order chi connectivity index (χ1) is 11.9. The third-order valence-corrected chi connectivity index (χ3v) is 2.94. The number of amides is 1. The maximum Gasteiger partial charge on any atom is 0.433 e. The zero-order chi connectivity index (χ0) is 18.4. The van der Waals surface area contributed by atoms with Crippen molar-refractivity contribution in [3.8, 4) is 11.5 Å². The molecule has 0 unspecified atom stereocenters. The molecule has 0 radical (unpaired) electrons. The lowest BCUT2D eigenvalue weighted by atomic mass is 10.2. The van der Waals surface area contributed by atoms with Crippen molar-refractivity contribution in [1.29, 1.82) is 0 Å². The maximum absolute atomic E-state index is 12.1. The number of benzene rings is 1. The first kappa shape index (κ1) is 18.0. The van der Waals surface area contributed by atoms with Crippen LogP contribution in [-0.2, 0) is 0 Å². The Morgan fingerprint density at radius 3 is 2.68 bits per heavy atom. The average molecular weight is 347 g/mol. The van der Waals surface area contributed by atoms with Gasteiger partial charge in [-0.05, 0) is 38.1 Å². The largest absolute Gasteiger partial charge is 0.493 e. The predicted molar refractivity (Wildman–Crippen MR) is 89.2 cm³/mol. The van der Waals surface area contributed by atoms with Crippen LogP contribution in [-0.4, -0.2) is 30.3 Å². The van der Waals surface area contributed by atoms with Gasteiger partial charge in [0.05, 0.1) is 25.5 Å². The highest BCUT2D eigenvalue weighted by Crippen LogP contribution is 2.28. The molecule has 0 aliphatic rings. The molecule has 25 heavy (non-hydrogen) atoms. The average Bonchev–Trinajstić information content (AvgIpc) is 3.03. The number of carbonyl (C=O) groups excluding carboxylic acids is 1. The van der Waals surface area contributed by atoms with Crippen molar-refractivity contribution in [2.45, 2.75) is 20.0 Å². The molecule has 1 heterocycles. The van der Waals surface area contributed by atoms with Gasteiger partial charge in [-0.1, -0.05) is 0 Å². The van der Waals surface area contributed by atoms with Crippen LogP contribution < -0.4 is 14.9 Å². The minimum atomic E-state index is -0.664. The normalized spacial score (nSPS) is 10.9. The Hall–Kier alpha value is -3.36. The first-order valence-electron chi connectivity index (χ1n) is 7.33. The van der Waals surface area contributed by atoms with Crippen molar-refractivity contribution < 1.29 is 23.6 Å². The summed E-state index contributed by atoms with van der Waals surface area (Å²) in [6, 6.07) is 7.30. The first-order valence-corrected chi connectivity index (χ1v) is 7.33. The summed E-state index contributed by atoms with van der Waals surface area (Å²) in [6.07, 6.45) is 1.13. The van der Waals surface area contributed by atoms with Crippen molar-refractivity contribution in [1.82, 2.24) is 5.43 Å². The van der Waals surface area contributed by atoms with E-state index in [1.165, 1.54) is 31.5 Å². The van der Waals surface area contributed by atoms with Gasteiger partial charge in [-0.25, -0.2) is 5.43 Å². The summed E-state index contributed by atoms with van der Waals surface area (Å²) in [5.41, 5.74) is 2.62. The number of carbonyl (C=O) groups is 1. The second-order valence-corrected chi connectivity index (χ2v) is 5.16. The number of hydrogen-bond acceptors (Lipinski definition) is 7. The summed E-state index contributed by atoms with van der Waals surface area (Å²) >= 11 is 0. The second-order valence-electron chi connectivity index (χ2n) is 5.16. The number of hydrazone groups is 1. The number of nitrogens with one attached hydrogen (secondary N) is 1. The van der Waals surface area contributed by atoms with Gasteiger partial charge < -0.3 is 13.9 Å². The Morgan fingerprint density at radius 1 is 1.32 bits per heavy atom. The molecule has 0 aliphatic heterocycles. The van der Waals surface area contributed by atoms with Crippen LogP contribution in [0.3, 0.4) is 0 Å². The summed E-state index contributed by atoms with van der Waals surface area (Å²) in [5, 5.41) is 14.2. The van der Waals surface area contributed by atoms with E-state index >= 15 is 0 Å². The zero-order valence-electron chi connectivity index (χ0n) is 13.9. The van der Waals surface area contributed by atoms with Crippen molar-refractivity contribution >= 4 is 18.0 Å². The predicted octanol–water partition coefficient (Wildman–Crippen LogP) is 2.75. The third-order valence-electron chi connectivity index (χ3n) is 2.94. The Bertz CT molecular complexity index is 797. The van der Waals surface area contributed by atoms with Crippen molar-refractivity contribution in [3.05, 3.63) is 51.8 Å². The highest BCUT2D eigenvalue weighted by molar-refractivity contribution is 5.95. The van der Waals surface area contributed by atoms with Gasteiger partial charge in [-0.2, -0.15) is 5.10 Å². The Kier molecular flexibility index (Phi) is 5.72. The molecule has 0 spiro atoms. The van der Waals surface area contributed by atoms with Crippen LogP contribution in [0.1, 0.15) is 30.0 Å². The Balaban J connectivity index is 2.04. The molecule has 0 saturated carbocycles. The van der Waals surface area contributed by atoms with Gasteiger partial charge in [0.1, 0.15) is 4.92 Å². The molecular weight excluding hydrogens is 330 g/mol. The molecule has 1 aromatic carbocycles. The molecule has 0 bridgehead atoms. The van der Waals surface area contributed by atoms with Gasteiger partial charge in [0.2, 0.25) is 0 Å². The van der Waals surface area contributed by atoms with E-state index in [1.54, 1.807) is 12.1 Å². The molecule has 0 saturated heterocycles. The van der Waals surface area contributed by atoms with E-state index in [2.05, 4.69) is 10.5 Å². The van der Waals surface area contributed by atoms with E-state index in [0.717, 1.165) is 0 Å². The van der Waals surface area contributed by atoms with Gasteiger partial charge >= 0.3 is 5.88 Å². The number of rotatable bonds is 7. The molecule has 2 rings (SSSR count). The molecule has 9 heteroatoms. The van der Waals surface area contributed by atoms with Crippen LogP contribution >= 0.6 is 0 Å². The van der Waals surface area contributed by atoms with E-state index in [9.17, 15) is 14.9 Å². The van der Waals surface area contributed by atoms with Gasteiger partial charge in [-0.3, -0.25) is 14.9 Å². The Labute approximate surface area is 143 Å². The second kappa shape index (κ2) is 7.95.